The Morgan fingerprint density at radius 3 is 2.55 bits per heavy atom. The minimum absolute atomic E-state index is 0.187. The molecule has 2 aromatic carbocycles. The molecule has 0 aliphatic rings. The molecule has 1 N–H and O–H groups in total. The second kappa shape index (κ2) is 5.64. The van der Waals surface area contributed by atoms with Gasteiger partial charge in [0.1, 0.15) is 17.6 Å². The van der Waals surface area contributed by atoms with Crippen LogP contribution in [0.25, 0.3) is 0 Å². The molecule has 20 heavy (non-hydrogen) atoms. The predicted octanol–water partition coefficient (Wildman–Crippen LogP) is 4.01. The quantitative estimate of drug-likeness (QED) is 0.926. The van der Waals surface area contributed by atoms with Crippen LogP contribution in [-0.4, -0.2) is 11.1 Å². The summed E-state index contributed by atoms with van der Waals surface area (Å²) >= 11 is 5.81. The topological polar surface area (TPSA) is 70.3 Å². The van der Waals surface area contributed by atoms with Crippen LogP contribution in [-0.2, 0) is 0 Å². The second-order valence-corrected chi connectivity index (χ2v) is 4.58. The lowest BCUT2D eigenvalue weighted by atomic mass is 10.1. The summed E-state index contributed by atoms with van der Waals surface area (Å²) in [5.41, 5.74) is 1.18. The Kier molecular flexibility index (Phi) is 3.92. The van der Waals surface area contributed by atoms with Crippen LogP contribution in [0.4, 0.5) is 0 Å². The third-order valence-electron chi connectivity index (χ3n) is 2.70. The molecule has 2 rings (SSSR count). The van der Waals surface area contributed by atoms with Gasteiger partial charge in [0.05, 0.1) is 11.1 Å². The summed E-state index contributed by atoms with van der Waals surface area (Å²) in [4.78, 5) is 10.9. The standard InChI is InChI=1S/C15H10ClNO3/c1-9-6-10(15(18)19)2-4-13(9)20-14-5-3-12(16)7-11(14)8-17/h2-7H,1H3,(H,18,19). The first kappa shape index (κ1) is 13.9. The zero-order valence-corrected chi connectivity index (χ0v) is 11.3. The van der Waals surface area contributed by atoms with Gasteiger partial charge in [-0.1, -0.05) is 11.6 Å². The van der Waals surface area contributed by atoms with Crippen molar-refractivity contribution < 1.29 is 14.6 Å². The number of carbonyl (C=O) groups is 1. The molecule has 0 unspecified atom stereocenters. The summed E-state index contributed by atoms with van der Waals surface area (Å²) in [7, 11) is 0. The van der Waals surface area contributed by atoms with Gasteiger partial charge >= 0.3 is 5.97 Å². The third-order valence-corrected chi connectivity index (χ3v) is 2.94. The molecule has 0 aliphatic heterocycles. The van der Waals surface area contributed by atoms with Gasteiger partial charge in [-0.3, -0.25) is 0 Å². The van der Waals surface area contributed by atoms with Crippen molar-refractivity contribution in [2.24, 2.45) is 0 Å². The van der Waals surface area contributed by atoms with Crippen molar-refractivity contribution in [3.05, 3.63) is 58.1 Å². The summed E-state index contributed by atoms with van der Waals surface area (Å²) in [6.07, 6.45) is 0. The summed E-state index contributed by atoms with van der Waals surface area (Å²) in [5, 5.41) is 18.4. The van der Waals surface area contributed by atoms with E-state index in [0.29, 0.717) is 27.6 Å². The van der Waals surface area contributed by atoms with Gasteiger partial charge in [-0.15, -0.1) is 0 Å². The van der Waals surface area contributed by atoms with E-state index in [-0.39, 0.29) is 5.56 Å². The van der Waals surface area contributed by atoms with E-state index in [1.54, 1.807) is 25.1 Å². The molecule has 0 aliphatic carbocycles. The number of benzene rings is 2. The number of hydrogen-bond acceptors (Lipinski definition) is 3. The molecular weight excluding hydrogens is 278 g/mol. The normalized spacial score (nSPS) is 9.85. The maximum Gasteiger partial charge on any atom is 0.335 e. The molecule has 0 saturated heterocycles. The molecule has 2 aromatic rings. The van der Waals surface area contributed by atoms with Gasteiger partial charge in [-0.05, 0) is 48.9 Å². The fraction of sp³-hybridized carbons (Fsp3) is 0.0667. The molecule has 0 heterocycles. The molecule has 0 spiro atoms. The maximum atomic E-state index is 10.9. The Labute approximate surface area is 120 Å². The fourth-order valence-electron chi connectivity index (χ4n) is 1.69. The summed E-state index contributed by atoms with van der Waals surface area (Å²) in [6.45, 7) is 1.74. The highest BCUT2D eigenvalue weighted by atomic mass is 35.5. The van der Waals surface area contributed by atoms with Crippen molar-refractivity contribution in [2.45, 2.75) is 6.92 Å². The van der Waals surface area contributed by atoms with Crippen LogP contribution in [0.2, 0.25) is 5.02 Å². The Bertz CT molecular complexity index is 720. The van der Waals surface area contributed by atoms with E-state index >= 15 is 0 Å². The molecule has 0 radical (unpaired) electrons. The number of aryl methyl sites for hydroxylation is 1. The second-order valence-electron chi connectivity index (χ2n) is 4.14. The first-order valence-corrected chi connectivity index (χ1v) is 6.10. The van der Waals surface area contributed by atoms with E-state index in [1.165, 1.54) is 18.2 Å². The molecule has 5 heteroatoms. The summed E-state index contributed by atoms with van der Waals surface area (Å²) < 4.78 is 5.65. The predicted molar refractivity (Wildman–Crippen MR) is 74.4 cm³/mol. The average Bonchev–Trinajstić information content (AvgIpc) is 2.42. The van der Waals surface area contributed by atoms with Crippen LogP contribution in [0.15, 0.2) is 36.4 Å². The van der Waals surface area contributed by atoms with Gasteiger partial charge in [0.15, 0.2) is 0 Å². The van der Waals surface area contributed by atoms with Crippen LogP contribution in [0.3, 0.4) is 0 Å². The zero-order valence-electron chi connectivity index (χ0n) is 10.6. The van der Waals surface area contributed by atoms with Crippen LogP contribution >= 0.6 is 11.6 Å². The van der Waals surface area contributed by atoms with E-state index in [9.17, 15) is 4.79 Å². The van der Waals surface area contributed by atoms with E-state index < -0.39 is 5.97 Å². The summed E-state index contributed by atoms with van der Waals surface area (Å²) in [6, 6.07) is 11.3. The minimum atomic E-state index is -0.996. The van der Waals surface area contributed by atoms with E-state index in [0.717, 1.165) is 0 Å². The average molecular weight is 288 g/mol. The van der Waals surface area contributed by atoms with Crippen LogP contribution in [0.5, 0.6) is 11.5 Å². The number of carboxylic acids is 1. The van der Waals surface area contributed by atoms with Gasteiger partial charge in [0.25, 0.3) is 0 Å². The maximum absolute atomic E-state index is 10.9. The molecule has 0 saturated carbocycles. The first-order valence-electron chi connectivity index (χ1n) is 5.72. The number of rotatable bonds is 3. The first-order chi connectivity index (χ1) is 9.51. The molecule has 0 amide bonds. The number of hydrogen-bond donors (Lipinski definition) is 1. The molecule has 0 bridgehead atoms. The Morgan fingerprint density at radius 1 is 1.25 bits per heavy atom. The number of halogens is 1. The Balaban J connectivity index is 2.36. The van der Waals surface area contributed by atoms with Crippen molar-refractivity contribution in [3.63, 3.8) is 0 Å². The Morgan fingerprint density at radius 2 is 1.95 bits per heavy atom. The van der Waals surface area contributed by atoms with Crippen molar-refractivity contribution >= 4 is 17.6 Å². The highest BCUT2D eigenvalue weighted by molar-refractivity contribution is 6.30. The van der Waals surface area contributed by atoms with Crippen LogP contribution < -0.4 is 4.74 Å². The van der Waals surface area contributed by atoms with Crippen molar-refractivity contribution in [1.29, 1.82) is 5.26 Å². The smallest absolute Gasteiger partial charge is 0.335 e. The van der Waals surface area contributed by atoms with Crippen LogP contribution in [0.1, 0.15) is 21.5 Å². The number of aromatic carboxylic acids is 1. The lowest BCUT2D eigenvalue weighted by Gasteiger charge is -2.10. The largest absolute Gasteiger partial charge is 0.478 e. The molecule has 4 nitrogen and oxygen atoms in total. The number of nitrogens with zero attached hydrogens (tertiary/aromatic N) is 1. The monoisotopic (exact) mass is 287 g/mol. The molecule has 0 fully saturated rings. The number of nitriles is 1. The van der Waals surface area contributed by atoms with Gasteiger partial charge in [0.2, 0.25) is 0 Å². The highest BCUT2D eigenvalue weighted by Crippen LogP contribution is 2.29. The molecular formula is C15H10ClNO3. The molecule has 0 aromatic heterocycles. The lowest BCUT2D eigenvalue weighted by Crippen LogP contribution is -1.98. The van der Waals surface area contributed by atoms with Gasteiger partial charge in [-0.25, -0.2) is 4.79 Å². The van der Waals surface area contributed by atoms with E-state index in [1.807, 2.05) is 6.07 Å². The molecule has 0 atom stereocenters. The van der Waals surface area contributed by atoms with E-state index in [4.69, 9.17) is 26.7 Å². The fourth-order valence-corrected chi connectivity index (χ4v) is 1.87. The van der Waals surface area contributed by atoms with Crippen molar-refractivity contribution in [2.75, 3.05) is 0 Å². The lowest BCUT2D eigenvalue weighted by molar-refractivity contribution is 0.0697. The van der Waals surface area contributed by atoms with Crippen molar-refractivity contribution in [1.82, 2.24) is 0 Å². The highest BCUT2D eigenvalue weighted by Gasteiger charge is 2.10. The van der Waals surface area contributed by atoms with Gasteiger partial charge in [0, 0.05) is 5.02 Å². The summed E-state index contributed by atoms with van der Waals surface area (Å²) in [5.74, 6) is -0.124. The third kappa shape index (κ3) is 2.90. The SMILES string of the molecule is Cc1cc(C(=O)O)ccc1Oc1ccc(Cl)cc1C#N. The van der Waals surface area contributed by atoms with Crippen LogP contribution in [0, 0.1) is 18.3 Å². The van der Waals surface area contributed by atoms with Gasteiger partial charge < -0.3 is 9.84 Å². The molecule has 100 valence electrons. The van der Waals surface area contributed by atoms with E-state index in [2.05, 4.69) is 0 Å². The van der Waals surface area contributed by atoms with Crippen molar-refractivity contribution in [3.8, 4) is 17.6 Å². The zero-order chi connectivity index (χ0) is 14.7. The number of ether oxygens (including phenoxy) is 1. The minimum Gasteiger partial charge on any atom is -0.478 e. The number of carboxylic acid groups (broad SMARTS) is 1. The van der Waals surface area contributed by atoms with Gasteiger partial charge in [-0.2, -0.15) is 5.26 Å². The Hall–Kier alpha value is -2.51.